The zero-order valence-corrected chi connectivity index (χ0v) is 21.5. The van der Waals surface area contributed by atoms with Gasteiger partial charge in [0.15, 0.2) is 0 Å². The Hall–Kier alpha value is -3.70. The van der Waals surface area contributed by atoms with Crippen LogP contribution in [0.3, 0.4) is 0 Å². The molecule has 0 aliphatic carbocycles. The fraction of sp³-hybridized carbons (Fsp3) is 0.538. The molecule has 1 aromatic rings. The summed E-state index contributed by atoms with van der Waals surface area (Å²) in [6.45, 7) is 3.43. The van der Waals surface area contributed by atoms with E-state index in [1.165, 1.54) is 4.90 Å². The van der Waals surface area contributed by atoms with Gasteiger partial charge in [-0.3, -0.25) is 19.8 Å². The van der Waals surface area contributed by atoms with Gasteiger partial charge in [0.25, 0.3) is 0 Å². The van der Waals surface area contributed by atoms with Gasteiger partial charge in [0.2, 0.25) is 11.8 Å². The first-order valence-corrected chi connectivity index (χ1v) is 12.6. The Bertz CT molecular complexity index is 1040. The molecular weight excluding hydrogens is 514 g/mol. The number of rotatable bonds is 15. The highest BCUT2D eigenvalue weighted by Crippen LogP contribution is 2.29. The second-order valence-electron chi connectivity index (χ2n) is 8.54. The molecular formula is C26H33N3O10. The third-order valence-corrected chi connectivity index (χ3v) is 5.75. The number of ether oxygens (including phenoxy) is 5. The van der Waals surface area contributed by atoms with Crippen LogP contribution >= 0.6 is 0 Å². The number of imide groups is 1. The first-order chi connectivity index (χ1) is 18.9. The Morgan fingerprint density at radius 1 is 1.00 bits per heavy atom. The molecule has 0 saturated carbocycles. The summed E-state index contributed by atoms with van der Waals surface area (Å²) in [5.41, 5.74) is 1.57. The molecule has 0 spiro atoms. The van der Waals surface area contributed by atoms with Gasteiger partial charge >= 0.3 is 12.2 Å². The minimum absolute atomic E-state index is 0.194. The van der Waals surface area contributed by atoms with Crippen molar-refractivity contribution in [1.82, 2.24) is 15.5 Å². The first kappa shape index (κ1) is 29.9. The number of hydrogen-bond acceptors (Lipinski definition) is 9. The van der Waals surface area contributed by atoms with E-state index in [9.17, 15) is 19.2 Å². The number of cyclic esters (lactones) is 1. The van der Waals surface area contributed by atoms with E-state index in [-0.39, 0.29) is 38.4 Å². The van der Waals surface area contributed by atoms with Crippen LogP contribution in [0.2, 0.25) is 0 Å². The maximum Gasteiger partial charge on any atom is 0.411 e. The lowest BCUT2D eigenvalue weighted by Crippen LogP contribution is -2.52. The predicted octanol–water partition coefficient (Wildman–Crippen LogP) is 0.671. The number of amides is 4. The summed E-state index contributed by atoms with van der Waals surface area (Å²) < 4.78 is 26.8. The van der Waals surface area contributed by atoms with Crippen molar-refractivity contribution in [3.05, 3.63) is 35.4 Å². The minimum atomic E-state index is -1.08. The predicted molar refractivity (Wildman–Crippen MR) is 135 cm³/mol. The quantitative estimate of drug-likeness (QED) is 0.162. The third-order valence-electron chi connectivity index (χ3n) is 5.75. The van der Waals surface area contributed by atoms with Crippen LogP contribution in [0, 0.1) is 11.8 Å². The van der Waals surface area contributed by atoms with Crippen LogP contribution in [0.1, 0.15) is 30.1 Å². The summed E-state index contributed by atoms with van der Waals surface area (Å²) in [7, 11) is 0. The molecule has 4 amide bonds. The summed E-state index contributed by atoms with van der Waals surface area (Å²) >= 11 is 0. The Labute approximate surface area is 226 Å². The minimum Gasteiger partial charge on any atom is -0.465 e. The zero-order valence-electron chi connectivity index (χ0n) is 21.5. The van der Waals surface area contributed by atoms with Crippen LogP contribution in [-0.2, 0) is 33.3 Å². The van der Waals surface area contributed by atoms with Gasteiger partial charge in [-0.1, -0.05) is 24.0 Å². The monoisotopic (exact) mass is 547 g/mol. The highest BCUT2D eigenvalue weighted by atomic mass is 16.6. The molecule has 2 saturated heterocycles. The lowest BCUT2D eigenvalue weighted by Gasteiger charge is -2.27. The second kappa shape index (κ2) is 16.3. The maximum atomic E-state index is 12.3. The molecule has 1 aromatic carbocycles. The lowest BCUT2D eigenvalue weighted by atomic mass is 10.0. The van der Waals surface area contributed by atoms with E-state index in [4.69, 9.17) is 28.8 Å². The van der Waals surface area contributed by atoms with Crippen molar-refractivity contribution in [1.29, 1.82) is 0 Å². The molecule has 2 aliphatic rings. The van der Waals surface area contributed by atoms with Crippen molar-refractivity contribution < 1.29 is 48.0 Å². The number of hydrogen-bond donors (Lipinski definition) is 3. The molecule has 13 nitrogen and oxygen atoms in total. The molecule has 2 fully saturated rings. The van der Waals surface area contributed by atoms with Gasteiger partial charge in [-0.05, 0) is 24.1 Å². The van der Waals surface area contributed by atoms with Crippen molar-refractivity contribution in [2.24, 2.45) is 0 Å². The van der Waals surface area contributed by atoms with Gasteiger partial charge < -0.3 is 34.1 Å². The number of nitrogens with zero attached hydrogens (tertiary/aromatic N) is 1. The van der Waals surface area contributed by atoms with Gasteiger partial charge in [-0.25, -0.2) is 9.59 Å². The SMILES string of the molecule is O=C(O)NCCOCCOCCOCCOCC#Cc1ccc([C@H]2CN([C@H]3CCC(=O)NC3=O)C(=O)O2)cc1. The molecule has 0 aromatic heterocycles. The van der Waals surface area contributed by atoms with E-state index in [0.29, 0.717) is 46.2 Å². The Balaban J connectivity index is 1.23. The summed E-state index contributed by atoms with van der Waals surface area (Å²) in [5, 5.41) is 12.9. The molecule has 3 rings (SSSR count). The molecule has 13 heteroatoms. The fourth-order valence-electron chi connectivity index (χ4n) is 3.82. The van der Waals surface area contributed by atoms with Crippen molar-refractivity contribution >= 4 is 24.0 Å². The van der Waals surface area contributed by atoms with Gasteiger partial charge in [0, 0.05) is 18.5 Å². The summed E-state index contributed by atoms with van der Waals surface area (Å²) in [5.74, 6) is 5.14. The van der Waals surface area contributed by atoms with Crippen LogP contribution in [0.25, 0.3) is 0 Å². The average molecular weight is 548 g/mol. The van der Waals surface area contributed by atoms with E-state index in [0.717, 1.165) is 11.1 Å². The van der Waals surface area contributed by atoms with Crippen molar-refractivity contribution in [2.45, 2.75) is 25.0 Å². The maximum absolute atomic E-state index is 12.3. The van der Waals surface area contributed by atoms with E-state index < -0.39 is 30.2 Å². The summed E-state index contributed by atoms with van der Waals surface area (Å²) in [6.07, 6.45) is -1.66. The molecule has 39 heavy (non-hydrogen) atoms. The highest BCUT2D eigenvalue weighted by Gasteiger charge is 2.41. The number of carbonyl (C=O) groups is 4. The summed E-state index contributed by atoms with van der Waals surface area (Å²) in [4.78, 5) is 47.4. The Morgan fingerprint density at radius 3 is 2.28 bits per heavy atom. The normalized spacial score (nSPS) is 18.8. The van der Waals surface area contributed by atoms with Crippen LogP contribution in [0.5, 0.6) is 0 Å². The number of nitrogens with one attached hydrogen (secondary N) is 2. The van der Waals surface area contributed by atoms with Crippen LogP contribution in [-0.4, -0.2) is 106 Å². The topological polar surface area (TPSA) is 162 Å². The van der Waals surface area contributed by atoms with Crippen molar-refractivity contribution in [2.75, 3.05) is 65.9 Å². The van der Waals surface area contributed by atoms with E-state index in [2.05, 4.69) is 22.5 Å². The van der Waals surface area contributed by atoms with Gasteiger partial charge in [0.1, 0.15) is 18.8 Å². The zero-order chi connectivity index (χ0) is 27.9. The van der Waals surface area contributed by atoms with Gasteiger partial charge in [0.05, 0.1) is 52.8 Å². The van der Waals surface area contributed by atoms with Crippen LogP contribution in [0.15, 0.2) is 24.3 Å². The standard InChI is InChI=1S/C26H33N3O10/c30-23-8-7-21(24(31)28-23)29-18-22(39-26(29)34)20-5-3-19(4-6-20)2-1-10-35-12-14-37-16-17-38-15-13-36-11-9-27-25(32)33/h3-6,21-22,27H,7-18H2,(H,32,33)(H,28,30,31)/t21-,22+/m0/s1. The second-order valence-corrected chi connectivity index (χ2v) is 8.54. The molecule has 2 heterocycles. The van der Waals surface area contributed by atoms with Crippen LogP contribution in [0.4, 0.5) is 9.59 Å². The number of benzene rings is 1. The van der Waals surface area contributed by atoms with Gasteiger partial charge in [-0.2, -0.15) is 0 Å². The first-order valence-electron chi connectivity index (χ1n) is 12.6. The highest BCUT2D eigenvalue weighted by molar-refractivity contribution is 6.01. The third kappa shape index (κ3) is 10.5. The molecule has 0 radical (unpaired) electrons. The molecule has 3 N–H and O–H groups in total. The van der Waals surface area contributed by atoms with Crippen molar-refractivity contribution in [3.63, 3.8) is 0 Å². The van der Waals surface area contributed by atoms with E-state index in [1.807, 2.05) is 24.3 Å². The molecule has 2 atom stereocenters. The Kier molecular flexibility index (Phi) is 12.5. The van der Waals surface area contributed by atoms with E-state index in [1.54, 1.807) is 0 Å². The smallest absolute Gasteiger partial charge is 0.411 e. The van der Waals surface area contributed by atoms with Gasteiger partial charge in [-0.15, -0.1) is 0 Å². The van der Waals surface area contributed by atoms with E-state index >= 15 is 0 Å². The molecule has 2 aliphatic heterocycles. The average Bonchev–Trinajstić information content (AvgIpc) is 3.29. The number of carboxylic acid groups (broad SMARTS) is 1. The molecule has 0 bridgehead atoms. The molecule has 212 valence electrons. The number of piperidine rings is 1. The van der Waals surface area contributed by atoms with Crippen molar-refractivity contribution in [3.8, 4) is 11.8 Å². The Morgan fingerprint density at radius 2 is 1.64 bits per heavy atom. The van der Waals surface area contributed by atoms with Crippen LogP contribution < -0.4 is 10.6 Å². The largest absolute Gasteiger partial charge is 0.465 e. The lowest BCUT2D eigenvalue weighted by molar-refractivity contribution is -0.136. The molecule has 0 unspecified atom stereocenters. The summed E-state index contributed by atoms with van der Waals surface area (Å²) in [6, 6.07) is 6.61. The number of carbonyl (C=O) groups excluding carboxylic acids is 3. The fourth-order valence-corrected chi connectivity index (χ4v) is 3.82.